The third-order valence-electron chi connectivity index (χ3n) is 3.44. The van der Waals surface area contributed by atoms with Crippen molar-refractivity contribution in [1.29, 1.82) is 0 Å². The Morgan fingerprint density at radius 2 is 2.00 bits per heavy atom. The Hall–Kier alpha value is -1.91. The molecule has 0 radical (unpaired) electrons. The van der Waals surface area contributed by atoms with Crippen molar-refractivity contribution in [3.8, 4) is 0 Å². The maximum atomic E-state index is 12.2. The molecule has 1 atom stereocenters. The van der Waals surface area contributed by atoms with Gasteiger partial charge in [0.25, 0.3) is 0 Å². The average molecular weight is 287 g/mol. The van der Waals surface area contributed by atoms with E-state index in [0.29, 0.717) is 19.4 Å². The highest BCUT2D eigenvalue weighted by Gasteiger charge is 2.13. The van der Waals surface area contributed by atoms with Crippen molar-refractivity contribution in [1.82, 2.24) is 5.32 Å². The number of hydrogen-bond donors (Lipinski definition) is 2. The highest BCUT2D eigenvalue weighted by Crippen LogP contribution is 2.18. The van der Waals surface area contributed by atoms with Crippen molar-refractivity contribution in [2.75, 3.05) is 20.3 Å². The Labute approximate surface area is 124 Å². The molecule has 0 aliphatic carbocycles. The molecule has 4 heteroatoms. The van der Waals surface area contributed by atoms with Crippen LogP contribution in [0.4, 0.5) is 0 Å². The van der Waals surface area contributed by atoms with Crippen molar-refractivity contribution in [2.24, 2.45) is 0 Å². The molecule has 112 valence electrons. The number of aliphatic hydroxyl groups excluding tert-OH is 1. The summed E-state index contributed by atoms with van der Waals surface area (Å²) in [5.74, 6) is -0.0538. The van der Waals surface area contributed by atoms with E-state index in [9.17, 15) is 4.79 Å². The van der Waals surface area contributed by atoms with Crippen LogP contribution >= 0.6 is 0 Å². The van der Waals surface area contributed by atoms with E-state index in [1.807, 2.05) is 42.5 Å². The molecule has 2 aromatic carbocycles. The van der Waals surface area contributed by atoms with E-state index in [-0.39, 0.29) is 18.6 Å². The van der Waals surface area contributed by atoms with Crippen molar-refractivity contribution >= 4 is 16.7 Å². The maximum Gasteiger partial charge on any atom is 0.224 e. The first-order valence-corrected chi connectivity index (χ1v) is 7.10. The third kappa shape index (κ3) is 4.28. The number of amides is 1. The van der Waals surface area contributed by atoms with Crippen LogP contribution in [-0.2, 0) is 16.0 Å². The highest BCUT2D eigenvalue weighted by molar-refractivity contribution is 5.90. The van der Waals surface area contributed by atoms with Gasteiger partial charge in [-0.3, -0.25) is 4.79 Å². The van der Waals surface area contributed by atoms with Gasteiger partial charge in [0.15, 0.2) is 0 Å². The van der Waals surface area contributed by atoms with Crippen LogP contribution in [0.25, 0.3) is 10.8 Å². The van der Waals surface area contributed by atoms with Crippen molar-refractivity contribution in [3.63, 3.8) is 0 Å². The van der Waals surface area contributed by atoms with Gasteiger partial charge in [-0.1, -0.05) is 42.5 Å². The number of carbonyl (C=O) groups excluding carboxylic acids is 1. The molecular formula is C17H21NO3. The summed E-state index contributed by atoms with van der Waals surface area (Å²) in [5, 5.41) is 14.1. The molecule has 0 unspecified atom stereocenters. The number of rotatable bonds is 7. The number of carbonyl (C=O) groups is 1. The van der Waals surface area contributed by atoms with E-state index in [1.165, 1.54) is 0 Å². The normalized spacial score (nSPS) is 12.3. The van der Waals surface area contributed by atoms with Crippen molar-refractivity contribution in [3.05, 3.63) is 48.0 Å². The largest absolute Gasteiger partial charge is 0.396 e. The van der Waals surface area contributed by atoms with Crippen LogP contribution in [0.1, 0.15) is 12.0 Å². The number of ether oxygens (including phenoxy) is 1. The average Bonchev–Trinajstić information content (AvgIpc) is 2.48. The number of hydrogen-bond acceptors (Lipinski definition) is 3. The lowest BCUT2D eigenvalue weighted by atomic mass is 10.0. The van der Waals surface area contributed by atoms with E-state index in [4.69, 9.17) is 9.84 Å². The molecule has 0 spiro atoms. The van der Waals surface area contributed by atoms with E-state index in [0.717, 1.165) is 16.3 Å². The molecule has 0 aliphatic heterocycles. The number of methoxy groups -OCH3 is 1. The van der Waals surface area contributed by atoms with E-state index in [1.54, 1.807) is 7.11 Å². The summed E-state index contributed by atoms with van der Waals surface area (Å²) in [6, 6.07) is 13.9. The van der Waals surface area contributed by atoms with Crippen LogP contribution in [0.5, 0.6) is 0 Å². The number of nitrogens with one attached hydrogen (secondary N) is 1. The molecule has 0 heterocycles. The Morgan fingerprint density at radius 3 is 2.76 bits per heavy atom. The second-order valence-corrected chi connectivity index (χ2v) is 5.05. The third-order valence-corrected chi connectivity index (χ3v) is 3.44. The van der Waals surface area contributed by atoms with Gasteiger partial charge in [-0.05, 0) is 22.8 Å². The smallest absolute Gasteiger partial charge is 0.224 e. The minimum atomic E-state index is -0.150. The SMILES string of the molecule is COC[C@H](CCO)NC(=O)Cc1cccc2ccccc12. The summed E-state index contributed by atoms with van der Waals surface area (Å²) in [7, 11) is 1.58. The Kier molecular flexibility index (Phi) is 5.72. The van der Waals surface area contributed by atoms with Crippen LogP contribution in [-0.4, -0.2) is 37.4 Å². The topological polar surface area (TPSA) is 58.6 Å². The van der Waals surface area contributed by atoms with E-state index >= 15 is 0 Å². The fourth-order valence-corrected chi connectivity index (χ4v) is 2.45. The lowest BCUT2D eigenvalue weighted by Crippen LogP contribution is -2.39. The molecule has 0 saturated heterocycles. The van der Waals surface area contributed by atoms with Crippen molar-refractivity contribution < 1.29 is 14.6 Å². The lowest BCUT2D eigenvalue weighted by Gasteiger charge is -2.17. The molecule has 21 heavy (non-hydrogen) atoms. The molecule has 4 nitrogen and oxygen atoms in total. The summed E-state index contributed by atoms with van der Waals surface area (Å²) in [5.41, 5.74) is 1.01. The zero-order valence-electron chi connectivity index (χ0n) is 12.2. The van der Waals surface area contributed by atoms with Gasteiger partial charge in [0.05, 0.1) is 19.1 Å². The second-order valence-electron chi connectivity index (χ2n) is 5.05. The fraction of sp³-hybridized carbons (Fsp3) is 0.353. The summed E-state index contributed by atoms with van der Waals surface area (Å²) < 4.78 is 5.05. The van der Waals surface area contributed by atoms with Gasteiger partial charge in [-0.15, -0.1) is 0 Å². The molecule has 1 amide bonds. The molecule has 0 saturated carbocycles. The number of fused-ring (bicyclic) bond motifs is 1. The summed E-state index contributed by atoms with van der Waals surface area (Å²) >= 11 is 0. The molecule has 0 aromatic heterocycles. The van der Waals surface area contributed by atoms with Crippen LogP contribution in [0, 0.1) is 0 Å². The molecule has 2 aromatic rings. The van der Waals surface area contributed by atoms with Gasteiger partial charge in [-0.25, -0.2) is 0 Å². The van der Waals surface area contributed by atoms with E-state index in [2.05, 4.69) is 5.32 Å². The van der Waals surface area contributed by atoms with Gasteiger partial charge in [0.1, 0.15) is 0 Å². The highest BCUT2D eigenvalue weighted by atomic mass is 16.5. The first kappa shape index (κ1) is 15.5. The zero-order chi connectivity index (χ0) is 15.1. The molecule has 0 bridgehead atoms. The Bertz CT molecular complexity index is 586. The van der Waals surface area contributed by atoms with Gasteiger partial charge in [0, 0.05) is 13.7 Å². The minimum absolute atomic E-state index is 0.0303. The molecule has 2 N–H and O–H groups in total. The molecular weight excluding hydrogens is 266 g/mol. The van der Waals surface area contributed by atoms with Gasteiger partial charge in [-0.2, -0.15) is 0 Å². The Morgan fingerprint density at radius 1 is 1.24 bits per heavy atom. The van der Waals surface area contributed by atoms with Gasteiger partial charge < -0.3 is 15.2 Å². The lowest BCUT2D eigenvalue weighted by molar-refractivity contribution is -0.121. The van der Waals surface area contributed by atoms with Crippen LogP contribution in [0.15, 0.2) is 42.5 Å². The number of benzene rings is 2. The minimum Gasteiger partial charge on any atom is -0.396 e. The predicted molar refractivity (Wildman–Crippen MR) is 83.2 cm³/mol. The van der Waals surface area contributed by atoms with Gasteiger partial charge >= 0.3 is 0 Å². The zero-order valence-corrected chi connectivity index (χ0v) is 12.2. The van der Waals surface area contributed by atoms with Crippen LogP contribution in [0.2, 0.25) is 0 Å². The van der Waals surface area contributed by atoms with Gasteiger partial charge in [0.2, 0.25) is 5.91 Å². The fourth-order valence-electron chi connectivity index (χ4n) is 2.45. The molecule has 0 fully saturated rings. The summed E-state index contributed by atoms with van der Waals surface area (Å²) in [6.45, 7) is 0.435. The Balaban J connectivity index is 2.07. The molecule has 0 aliphatic rings. The predicted octanol–water partition coefficient (Wildman–Crippen LogP) is 1.90. The quantitative estimate of drug-likeness (QED) is 0.817. The molecule has 2 rings (SSSR count). The first-order chi connectivity index (χ1) is 10.2. The summed E-state index contributed by atoms with van der Waals surface area (Å²) in [4.78, 5) is 12.2. The summed E-state index contributed by atoms with van der Waals surface area (Å²) in [6.07, 6.45) is 0.822. The number of aliphatic hydroxyl groups is 1. The van der Waals surface area contributed by atoms with Crippen molar-refractivity contribution in [2.45, 2.75) is 18.9 Å². The maximum absolute atomic E-state index is 12.2. The van der Waals surface area contributed by atoms with Crippen LogP contribution < -0.4 is 5.32 Å². The van der Waals surface area contributed by atoms with E-state index < -0.39 is 0 Å². The first-order valence-electron chi connectivity index (χ1n) is 7.10. The monoisotopic (exact) mass is 287 g/mol. The van der Waals surface area contributed by atoms with Crippen LogP contribution in [0.3, 0.4) is 0 Å². The standard InChI is InChI=1S/C17H21NO3/c1-21-12-15(9-10-19)18-17(20)11-14-7-4-6-13-5-2-3-8-16(13)14/h2-8,15,19H,9-12H2,1H3,(H,18,20)/t15-/m0/s1. The second kappa shape index (κ2) is 7.76.